The molecule has 1 aromatic carbocycles. The second kappa shape index (κ2) is 7.44. The number of carbonyl (C=O) groups excluding carboxylic acids is 1. The van der Waals surface area contributed by atoms with Gasteiger partial charge >= 0.3 is 0 Å². The van der Waals surface area contributed by atoms with Crippen molar-refractivity contribution >= 4 is 29.0 Å². The maximum Gasteiger partial charge on any atom is 0.252 e. The molecule has 23 heavy (non-hydrogen) atoms. The molecular weight excluding hydrogens is 324 g/mol. The first kappa shape index (κ1) is 15.8. The molecule has 3 rings (SSSR count). The zero-order valence-electron chi connectivity index (χ0n) is 12.7. The first-order chi connectivity index (χ1) is 11.3. The number of thioether (sulfide) groups is 1. The summed E-state index contributed by atoms with van der Waals surface area (Å²) in [7, 11) is 0. The minimum Gasteiger partial charge on any atom is -0.348 e. The van der Waals surface area contributed by atoms with E-state index in [9.17, 15) is 4.79 Å². The van der Waals surface area contributed by atoms with Gasteiger partial charge < -0.3 is 5.32 Å². The number of aromatic nitrogens is 1. The fourth-order valence-electron chi connectivity index (χ4n) is 2.32. The van der Waals surface area contributed by atoms with Crippen LogP contribution in [0.5, 0.6) is 0 Å². The fraction of sp³-hybridized carbons (Fsp3) is 0.111. The summed E-state index contributed by atoms with van der Waals surface area (Å²) in [5.41, 5.74) is 2.66. The van der Waals surface area contributed by atoms with Crippen LogP contribution in [0.15, 0.2) is 65.0 Å². The monoisotopic (exact) mass is 340 g/mol. The van der Waals surface area contributed by atoms with E-state index >= 15 is 0 Å². The van der Waals surface area contributed by atoms with E-state index in [2.05, 4.69) is 10.3 Å². The lowest BCUT2D eigenvalue weighted by atomic mass is 10.1. The van der Waals surface area contributed by atoms with Gasteiger partial charge in [0, 0.05) is 17.6 Å². The maximum absolute atomic E-state index is 12.5. The standard InChI is InChI=1S/C18H16N2OS2/c1-22-15-8-3-2-7-14(15)18(21)20-12-13-6-4-10-19-17(13)16-9-5-11-23-16/h2-11H,12H2,1H3,(H,20,21). The Bertz CT molecular complexity index is 800. The van der Waals surface area contributed by atoms with Crippen LogP contribution in [-0.2, 0) is 6.54 Å². The van der Waals surface area contributed by atoms with Crippen LogP contribution in [0.2, 0.25) is 0 Å². The molecular formula is C18H16N2OS2. The molecule has 0 aliphatic rings. The third kappa shape index (κ3) is 3.63. The summed E-state index contributed by atoms with van der Waals surface area (Å²) in [6, 6.07) is 15.6. The van der Waals surface area contributed by atoms with Crippen LogP contribution >= 0.6 is 23.1 Å². The van der Waals surface area contributed by atoms with Gasteiger partial charge in [0.2, 0.25) is 0 Å². The molecule has 0 aliphatic carbocycles. The number of benzene rings is 1. The zero-order valence-corrected chi connectivity index (χ0v) is 14.3. The number of pyridine rings is 1. The fourth-order valence-corrected chi connectivity index (χ4v) is 3.67. The lowest BCUT2D eigenvalue weighted by molar-refractivity contribution is 0.0948. The Labute approximate surface area is 143 Å². The van der Waals surface area contributed by atoms with Gasteiger partial charge in [-0.2, -0.15) is 0 Å². The van der Waals surface area contributed by atoms with Crippen molar-refractivity contribution in [2.45, 2.75) is 11.4 Å². The van der Waals surface area contributed by atoms with Gasteiger partial charge in [0.15, 0.2) is 0 Å². The Balaban J connectivity index is 1.78. The van der Waals surface area contributed by atoms with Gasteiger partial charge in [0.25, 0.3) is 5.91 Å². The second-order valence-corrected chi connectivity index (χ2v) is 6.67. The summed E-state index contributed by atoms with van der Waals surface area (Å²) in [5.74, 6) is -0.0593. The Morgan fingerprint density at radius 3 is 2.83 bits per heavy atom. The average Bonchev–Trinajstić information content (AvgIpc) is 3.14. The molecule has 0 bridgehead atoms. The van der Waals surface area contributed by atoms with Crippen LogP contribution in [0.25, 0.3) is 10.6 Å². The van der Waals surface area contributed by atoms with E-state index in [0.29, 0.717) is 12.1 Å². The number of hydrogen-bond acceptors (Lipinski definition) is 4. The highest BCUT2D eigenvalue weighted by molar-refractivity contribution is 7.98. The molecule has 0 aliphatic heterocycles. The van der Waals surface area contributed by atoms with E-state index in [-0.39, 0.29) is 5.91 Å². The number of thiophene rings is 1. The van der Waals surface area contributed by atoms with Crippen LogP contribution in [-0.4, -0.2) is 17.1 Å². The van der Waals surface area contributed by atoms with Crippen LogP contribution < -0.4 is 5.32 Å². The maximum atomic E-state index is 12.5. The predicted octanol–water partition coefficient (Wildman–Crippen LogP) is 4.46. The summed E-state index contributed by atoms with van der Waals surface area (Å²) in [5, 5.41) is 5.03. The van der Waals surface area contributed by atoms with Crippen molar-refractivity contribution in [2.24, 2.45) is 0 Å². The third-order valence-corrected chi connectivity index (χ3v) is 5.11. The number of hydrogen-bond donors (Lipinski definition) is 1. The van der Waals surface area contributed by atoms with Gasteiger partial charge in [-0.1, -0.05) is 24.3 Å². The highest BCUT2D eigenvalue weighted by Gasteiger charge is 2.12. The van der Waals surface area contributed by atoms with E-state index in [4.69, 9.17) is 0 Å². The van der Waals surface area contributed by atoms with E-state index in [1.54, 1.807) is 29.3 Å². The molecule has 0 fully saturated rings. The van der Waals surface area contributed by atoms with Crippen molar-refractivity contribution in [1.82, 2.24) is 10.3 Å². The normalized spacial score (nSPS) is 10.5. The lowest BCUT2D eigenvalue weighted by Gasteiger charge is -2.10. The number of nitrogens with zero attached hydrogens (tertiary/aromatic N) is 1. The molecule has 0 saturated heterocycles. The Morgan fingerprint density at radius 2 is 2.04 bits per heavy atom. The number of amides is 1. The number of rotatable bonds is 5. The Morgan fingerprint density at radius 1 is 1.17 bits per heavy atom. The van der Waals surface area contributed by atoms with Gasteiger partial charge in [0.1, 0.15) is 0 Å². The summed E-state index contributed by atoms with van der Waals surface area (Å²) in [6.07, 6.45) is 3.76. The SMILES string of the molecule is CSc1ccccc1C(=O)NCc1cccnc1-c1cccs1. The molecule has 116 valence electrons. The van der Waals surface area contributed by atoms with Crippen LogP contribution in [0.4, 0.5) is 0 Å². The molecule has 2 aromatic heterocycles. The Hall–Kier alpha value is -2.11. The van der Waals surface area contributed by atoms with Gasteiger partial charge in [-0.3, -0.25) is 9.78 Å². The molecule has 0 unspecified atom stereocenters. The smallest absolute Gasteiger partial charge is 0.252 e. The second-order valence-electron chi connectivity index (χ2n) is 4.87. The topological polar surface area (TPSA) is 42.0 Å². The lowest BCUT2D eigenvalue weighted by Crippen LogP contribution is -2.23. The number of carbonyl (C=O) groups is 1. The molecule has 1 N–H and O–H groups in total. The minimum atomic E-state index is -0.0593. The first-order valence-electron chi connectivity index (χ1n) is 7.18. The molecule has 3 aromatic rings. The van der Waals surface area contributed by atoms with Crippen LogP contribution in [0.3, 0.4) is 0 Å². The molecule has 1 amide bonds. The highest BCUT2D eigenvalue weighted by Crippen LogP contribution is 2.26. The third-order valence-electron chi connectivity index (χ3n) is 3.44. The van der Waals surface area contributed by atoms with Crippen molar-refractivity contribution in [1.29, 1.82) is 0 Å². The molecule has 0 radical (unpaired) electrons. The molecule has 0 atom stereocenters. The largest absolute Gasteiger partial charge is 0.348 e. The van der Waals surface area contributed by atoms with Crippen molar-refractivity contribution < 1.29 is 4.79 Å². The molecule has 0 saturated carbocycles. The predicted molar refractivity (Wildman–Crippen MR) is 96.9 cm³/mol. The minimum absolute atomic E-state index is 0.0593. The van der Waals surface area contributed by atoms with Crippen LogP contribution in [0.1, 0.15) is 15.9 Å². The first-order valence-corrected chi connectivity index (χ1v) is 9.29. The summed E-state index contributed by atoms with van der Waals surface area (Å²) >= 11 is 3.22. The van der Waals surface area contributed by atoms with Crippen molar-refractivity contribution in [3.63, 3.8) is 0 Å². The quantitative estimate of drug-likeness (QED) is 0.697. The van der Waals surface area contributed by atoms with Crippen molar-refractivity contribution in [3.8, 4) is 10.6 Å². The van der Waals surface area contributed by atoms with Gasteiger partial charge in [-0.25, -0.2) is 0 Å². The highest BCUT2D eigenvalue weighted by atomic mass is 32.2. The molecule has 0 spiro atoms. The molecule has 3 nitrogen and oxygen atoms in total. The van der Waals surface area contributed by atoms with E-state index in [0.717, 1.165) is 21.0 Å². The molecule has 5 heteroatoms. The van der Waals surface area contributed by atoms with Gasteiger partial charge in [-0.05, 0) is 41.5 Å². The van der Waals surface area contributed by atoms with Crippen molar-refractivity contribution in [2.75, 3.05) is 6.26 Å². The van der Waals surface area contributed by atoms with E-state index < -0.39 is 0 Å². The van der Waals surface area contributed by atoms with E-state index in [1.807, 2.05) is 60.2 Å². The Kier molecular flexibility index (Phi) is 5.10. The van der Waals surface area contributed by atoms with Gasteiger partial charge in [-0.15, -0.1) is 23.1 Å². The summed E-state index contributed by atoms with van der Waals surface area (Å²) in [4.78, 5) is 19.0. The van der Waals surface area contributed by atoms with E-state index in [1.165, 1.54) is 0 Å². The van der Waals surface area contributed by atoms with Gasteiger partial charge in [0.05, 0.1) is 16.1 Å². The zero-order chi connectivity index (χ0) is 16.1. The molecule has 2 heterocycles. The average molecular weight is 340 g/mol. The van der Waals surface area contributed by atoms with Crippen LogP contribution in [0, 0.1) is 0 Å². The summed E-state index contributed by atoms with van der Waals surface area (Å²) in [6.45, 7) is 0.461. The summed E-state index contributed by atoms with van der Waals surface area (Å²) < 4.78 is 0. The van der Waals surface area contributed by atoms with Crippen molar-refractivity contribution in [3.05, 3.63) is 71.2 Å². The number of nitrogens with one attached hydrogen (secondary N) is 1.